The van der Waals surface area contributed by atoms with E-state index in [0.717, 1.165) is 22.3 Å². The Balaban J connectivity index is 1.65. The van der Waals surface area contributed by atoms with Crippen LogP contribution in [0.25, 0.3) is 0 Å². The zero-order valence-electron chi connectivity index (χ0n) is 14.4. The van der Waals surface area contributed by atoms with Crippen LogP contribution in [0, 0.1) is 0 Å². The van der Waals surface area contributed by atoms with Crippen LogP contribution < -0.4 is 0 Å². The molecule has 2 heterocycles. The molecule has 5 nitrogen and oxygen atoms in total. The number of aliphatic hydroxyl groups is 3. The molecule has 0 amide bonds. The van der Waals surface area contributed by atoms with Crippen LogP contribution in [0.5, 0.6) is 0 Å². The van der Waals surface area contributed by atoms with Crippen molar-refractivity contribution in [3.8, 4) is 0 Å². The summed E-state index contributed by atoms with van der Waals surface area (Å²) < 4.78 is 11.8. The van der Waals surface area contributed by atoms with Gasteiger partial charge in [-0.15, -0.1) is 0 Å². The fourth-order valence-electron chi connectivity index (χ4n) is 3.79. The monoisotopic (exact) mass is 410 g/mol. The molecule has 1 fully saturated rings. The molecule has 2 aliphatic rings. The first kappa shape index (κ1) is 19.2. The average Bonchev–Trinajstić information content (AvgIpc) is 2.99. The molecule has 144 valence electrons. The van der Waals surface area contributed by atoms with Crippen LogP contribution in [0.4, 0.5) is 0 Å². The van der Waals surface area contributed by atoms with Gasteiger partial charge in [0.1, 0.15) is 12.2 Å². The van der Waals surface area contributed by atoms with Crippen molar-refractivity contribution in [3.63, 3.8) is 0 Å². The fourth-order valence-corrected chi connectivity index (χ4v) is 4.11. The summed E-state index contributed by atoms with van der Waals surface area (Å²) in [4.78, 5) is 0. The zero-order valence-corrected chi connectivity index (χ0v) is 16.0. The highest BCUT2D eigenvalue weighted by Crippen LogP contribution is 2.46. The number of hydrogen-bond donors (Lipinski definition) is 3. The van der Waals surface area contributed by atoms with Gasteiger partial charge in [0.2, 0.25) is 0 Å². The molecular formula is C20H20Cl2O5. The van der Waals surface area contributed by atoms with Crippen LogP contribution in [0.2, 0.25) is 10.0 Å². The quantitative estimate of drug-likeness (QED) is 0.724. The van der Waals surface area contributed by atoms with Gasteiger partial charge in [-0.25, -0.2) is 0 Å². The van der Waals surface area contributed by atoms with Crippen LogP contribution in [0.15, 0.2) is 36.4 Å². The third kappa shape index (κ3) is 3.49. The summed E-state index contributed by atoms with van der Waals surface area (Å²) >= 11 is 12.1. The van der Waals surface area contributed by atoms with Gasteiger partial charge >= 0.3 is 0 Å². The number of aliphatic hydroxyl groups excluding tert-OH is 3. The van der Waals surface area contributed by atoms with Crippen molar-refractivity contribution in [1.82, 2.24) is 0 Å². The Morgan fingerprint density at radius 1 is 1.04 bits per heavy atom. The number of fused-ring (bicyclic) bond motifs is 2. The molecule has 2 aromatic rings. The minimum absolute atomic E-state index is 0.105. The van der Waals surface area contributed by atoms with E-state index in [0.29, 0.717) is 23.1 Å². The van der Waals surface area contributed by atoms with Crippen molar-refractivity contribution < 1.29 is 24.8 Å². The summed E-state index contributed by atoms with van der Waals surface area (Å²) in [5, 5.41) is 30.8. The Hall–Kier alpha value is -1.18. The number of hydrogen-bond acceptors (Lipinski definition) is 5. The lowest BCUT2D eigenvalue weighted by molar-refractivity contribution is -0.326. The molecule has 2 aromatic carbocycles. The number of rotatable bonds is 3. The third-order valence-electron chi connectivity index (χ3n) is 5.21. The Morgan fingerprint density at radius 3 is 2.52 bits per heavy atom. The second-order valence-corrected chi connectivity index (χ2v) is 7.87. The number of ether oxygens (including phenoxy) is 2. The van der Waals surface area contributed by atoms with Crippen molar-refractivity contribution in [3.05, 3.63) is 68.7 Å². The second-order valence-electron chi connectivity index (χ2n) is 7.06. The molecule has 0 radical (unpaired) electrons. The number of benzene rings is 2. The maximum Gasteiger partial charge on any atom is 0.198 e. The van der Waals surface area contributed by atoms with Crippen LogP contribution in [-0.4, -0.2) is 40.2 Å². The first-order chi connectivity index (χ1) is 12.9. The van der Waals surface area contributed by atoms with Gasteiger partial charge in [0.25, 0.3) is 0 Å². The molecule has 0 bridgehead atoms. The molecule has 4 atom stereocenters. The molecule has 1 saturated heterocycles. The average molecular weight is 411 g/mol. The van der Waals surface area contributed by atoms with Gasteiger partial charge < -0.3 is 24.8 Å². The molecule has 3 N–H and O–H groups in total. The summed E-state index contributed by atoms with van der Waals surface area (Å²) in [6.07, 6.45) is -2.34. The highest BCUT2D eigenvalue weighted by molar-refractivity contribution is 6.42. The van der Waals surface area contributed by atoms with E-state index < -0.39 is 30.7 Å². The van der Waals surface area contributed by atoms with Crippen LogP contribution in [0.1, 0.15) is 28.7 Å². The summed E-state index contributed by atoms with van der Waals surface area (Å²) in [7, 11) is 0. The molecular weight excluding hydrogens is 391 g/mol. The summed E-state index contributed by atoms with van der Waals surface area (Å²) in [6.45, 7) is -0.0506. The highest BCUT2D eigenvalue weighted by Gasteiger charge is 2.51. The van der Waals surface area contributed by atoms with Crippen LogP contribution >= 0.6 is 23.2 Å². The Morgan fingerprint density at radius 2 is 1.78 bits per heavy atom. The van der Waals surface area contributed by atoms with Gasteiger partial charge in [0.05, 0.1) is 29.4 Å². The van der Waals surface area contributed by atoms with Crippen molar-refractivity contribution in [2.75, 3.05) is 6.61 Å². The van der Waals surface area contributed by atoms with Gasteiger partial charge in [-0.2, -0.15) is 0 Å². The Kier molecular flexibility index (Phi) is 5.20. The molecule has 1 unspecified atom stereocenters. The van der Waals surface area contributed by atoms with Gasteiger partial charge in [-0.05, 0) is 41.3 Å². The minimum atomic E-state index is -1.16. The van der Waals surface area contributed by atoms with Crippen LogP contribution in [-0.2, 0) is 28.3 Å². The van der Waals surface area contributed by atoms with Crippen molar-refractivity contribution in [2.45, 2.75) is 43.5 Å². The Bertz CT molecular complexity index is 858. The highest BCUT2D eigenvalue weighted by atomic mass is 35.5. The van der Waals surface area contributed by atoms with Crippen molar-refractivity contribution >= 4 is 23.2 Å². The summed E-state index contributed by atoms with van der Waals surface area (Å²) in [5.41, 5.74) is 3.84. The minimum Gasteiger partial charge on any atom is -0.394 e. The van der Waals surface area contributed by atoms with E-state index in [1.165, 1.54) is 0 Å². The number of halogens is 2. The summed E-state index contributed by atoms with van der Waals surface area (Å²) in [5.74, 6) is -1.16. The van der Waals surface area contributed by atoms with Gasteiger partial charge in [0.15, 0.2) is 5.79 Å². The SMILES string of the molecule is OCC1O[C@@]2(C[C@@H](O)[C@@H]1O)OCc1ccc(Cc3ccc(Cl)c(Cl)c3)cc12. The van der Waals surface area contributed by atoms with E-state index in [9.17, 15) is 15.3 Å². The molecule has 7 heteroatoms. The van der Waals surface area contributed by atoms with E-state index in [4.69, 9.17) is 32.7 Å². The van der Waals surface area contributed by atoms with E-state index in [-0.39, 0.29) is 6.42 Å². The molecule has 1 spiro atoms. The maximum atomic E-state index is 10.2. The fraction of sp³-hybridized carbons (Fsp3) is 0.400. The molecule has 0 saturated carbocycles. The largest absolute Gasteiger partial charge is 0.394 e. The predicted molar refractivity (Wildman–Crippen MR) is 101 cm³/mol. The standard InChI is InChI=1S/C20H20Cl2O5/c21-15-4-2-12(7-16(15)22)5-11-1-3-13-10-26-20(14(13)6-11)8-17(24)19(25)18(9-23)27-20/h1-4,6-7,17-19,23-25H,5,8-10H2/t17-,18?,19+,20-/m1/s1. The second kappa shape index (κ2) is 7.33. The lowest BCUT2D eigenvalue weighted by Gasteiger charge is -2.42. The van der Waals surface area contributed by atoms with E-state index >= 15 is 0 Å². The summed E-state index contributed by atoms with van der Waals surface area (Å²) in [6, 6.07) is 11.5. The molecule has 27 heavy (non-hydrogen) atoms. The predicted octanol–water partition coefficient (Wildman–Crippen LogP) is 2.77. The first-order valence-corrected chi connectivity index (χ1v) is 9.52. The normalized spacial score (nSPS) is 29.9. The maximum absolute atomic E-state index is 10.2. The smallest absolute Gasteiger partial charge is 0.198 e. The van der Waals surface area contributed by atoms with E-state index in [1.54, 1.807) is 6.07 Å². The lowest BCUT2D eigenvalue weighted by Crippen LogP contribution is -2.54. The molecule has 2 aliphatic heterocycles. The van der Waals surface area contributed by atoms with Gasteiger partial charge in [0, 0.05) is 12.0 Å². The topological polar surface area (TPSA) is 79.2 Å². The Labute approximate surface area is 167 Å². The van der Waals surface area contributed by atoms with Crippen molar-refractivity contribution in [2.24, 2.45) is 0 Å². The molecule has 0 aromatic heterocycles. The van der Waals surface area contributed by atoms with E-state index in [2.05, 4.69) is 0 Å². The third-order valence-corrected chi connectivity index (χ3v) is 5.95. The van der Waals surface area contributed by atoms with Gasteiger partial charge in [-0.3, -0.25) is 0 Å². The zero-order chi connectivity index (χ0) is 19.2. The van der Waals surface area contributed by atoms with Crippen molar-refractivity contribution in [1.29, 1.82) is 0 Å². The molecule has 4 rings (SSSR count). The van der Waals surface area contributed by atoms with Gasteiger partial charge in [-0.1, -0.05) is 41.4 Å². The van der Waals surface area contributed by atoms with E-state index in [1.807, 2.05) is 30.3 Å². The first-order valence-electron chi connectivity index (χ1n) is 8.77. The lowest BCUT2D eigenvalue weighted by atomic mass is 9.88. The molecule has 0 aliphatic carbocycles. The van der Waals surface area contributed by atoms with Crippen LogP contribution in [0.3, 0.4) is 0 Å².